The van der Waals surface area contributed by atoms with Crippen LogP contribution in [0.1, 0.15) is 41.5 Å². The zero-order chi connectivity index (χ0) is 22.8. The van der Waals surface area contributed by atoms with E-state index in [9.17, 15) is 4.79 Å². The van der Waals surface area contributed by atoms with Gasteiger partial charge in [0.2, 0.25) is 5.82 Å². The number of benzene rings is 3. The summed E-state index contributed by atoms with van der Waals surface area (Å²) in [6, 6.07) is 21.0. The van der Waals surface area contributed by atoms with Gasteiger partial charge < -0.3 is 5.32 Å². The minimum absolute atomic E-state index is 0.0825. The van der Waals surface area contributed by atoms with Crippen LogP contribution in [0.15, 0.2) is 71.2 Å². The fourth-order valence-corrected chi connectivity index (χ4v) is 4.03. The van der Waals surface area contributed by atoms with Gasteiger partial charge in [0, 0.05) is 20.7 Å². The Morgan fingerprint density at radius 3 is 2.56 bits per heavy atom. The van der Waals surface area contributed by atoms with E-state index in [1.165, 1.54) is 0 Å². The van der Waals surface area contributed by atoms with Crippen molar-refractivity contribution in [3.63, 3.8) is 0 Å². The number of hydrogen-bond acceptors (Lipinski definition) is 3. The number of carbonyl (C=O) groups excluding carboxylic acids is 1. The number of aryl methyl sites for hydroxylation is 1. The fourth-order valence-electron chi connectivity index (χ4n) is 3.47. The van der Waals surface area contributed by atoms with Gasteiger partial charge in [-0.15, -0.1) is 5.10 Å². The molecule has 0 atom stereocenters. The number of halogens is 2. The Bertz CT molecular complexity index is 1240. The molecular weight excluding hydrogens is 488 g/mol. The summed E-state index contributed by atoms with van der Waals surface area (Å²) in [6.07, 6.45) is 0. The third kappa shape index (κ3) is 4.76. The Morgan fingerprint density at radius 2 is 1.84 bits per heavy atom. The van der Waals surface area contributed by atoms with Crippen molar-refractivity contribution in [3.8, 4) is 17.1 Å². The summed E-state index contributed by atoms with van der Waals surface area (Å²) in [5, 5.41) is 8.12. The molecule has 1 aromatic heterocycles. The molecule has 4 rings (SSSR count). The smallest absolute Gasteiger partial charge is 0.295 e. The van der Waals surface area contributed by atoms with Gasteiger partial charge in [0.15, 0.2) is 5.82 Å². The SMILES string of the molecule is Cc1cccc(-n2nc(C(=O)Nc3ccc(Br)cc3C(C)C)nc2-c2cccc(Cl)c2)c1. The van der Waals surface area contributed by atoms with Crippen LogP contribution in [0.25, 0.3) is 17.1 Å². The number of aromatic nitrogens is 3. The van der Waals surface area contributed by atoms with E-state index in [-0.39, 0.29) is 17.6 Å². The lowest BCUT2D eigenvalue weighted by molar-refractivity contribution is 0.101. The van der Waals surface area contributed by atoms with E-state index in [0.29, 0.717) is 10.8 Å². The highest BCUT2D eigenvalue weighted by molar-refractivity contribution is 9.10. The zero-order valence-corrected chi connectivity index (χ0v) is 20.3. The van der Waals surface area contributed by atoms with Gasteiger partial charge in [-0.25, -0.2) is 9.67 Å². The van der Waals surface area contributed by atoms with Crippen LogP contribution < -0.4 is 5.32 Å². The molecule has 1 N–H and O–H groups in total. The lowest BCUT2D eigenvalue weighted by Gasteiger charge is -2.13. The maximum Gasteiger partial charge on any atom is 0.295 e. The van der Waals surface area contributed by atoms with Crippen molar-refractivity contribution in [1.82, 2.24) is 14.8 Å². The van der Waals surface area contributed by atoms with E-state index in [0.717, 1.165) is 32.5 Å². The molecule has 0 radical (unpaired) electrons. The Hall–Kier alpha value is -2.96. The van der Waals surface area contributed by atoms with Gasteiger partial charge >= 0.3 is 0 Å². The molecule has 1 heterocycles. The van der Waals surface area contributed by atoms with Crippen LogP contribution in [-0.2, 0) is 0 Å². The van der Waals surface area contributed by atoms with Crippen LogP contribution >= 0.6 is 27.5 Å². The Kier molecular flexibility index (Phi) is 6.44. The topological polar surface area (TPSA) is 59.8 Å². The predicted octanol–water partition coefficient (Wildman–Crippen LogP) is 7.03. The number of carbonyl (C=O) groups is 1. The number of rotatable bonds is 5. The Labute approximate surface area is 200 Å². The molecule has 5 nitrogen and oxygen atoms in total. The molecule has 3 aromatic carbocycles. The van der Waals surface area contributed by atoms with Crippen molar-refractivity contribution in [2.45, 2.75) is 26.7 Å². The molecule has 0 saturated heterocycles. The summed E-state index contributed by atoms with van der Waals surface area (Å²) in [4.78, 5) is 17.7. The van der Waals surface area contributed by atoms with E-state index in [1.807, 2.05) is 67.6 Å². The normalized spacial score (nSPS) is 11.1. The van der Waals surface area contributed by atoms with Gasteiger partial charge in [0.25, 0.3) is 5.91 Å². The quantitative estimate of drug-likeness (QED) is 0.314. The maximum atomic E-state index is 13.1. The molecule has 0 unspecified atom stereocenters. The lowest BCUT2D eigenvalue weighted by Crippen LogP contribution is -2.16. The van der Waals surface area contributed by atoms with Gasteiger partial charge in [-0.2, -0.15) is 0 Å². The van der Waals surface area contributed by atoms with Crippen molar-refractivity contribution in [3.05, 3.63) is 93.2 Å². The van der Waals surface area contributed by atoms with Crippen LogP contribution in [0.4, 0.5) is 5.69 Å². The van der Waals surface area contributed by atoms with Crippen molar-refractivity contribution in [2.24, 2.45) is 0 Å². The van der Waals surface area contributed by atoms with Gasteiger partial charge in [0.05, 0.1) is 5.69 Å². The molecule has 1 amide bonds. The molecule has 4 aromatic rings. The Balaban J connectivity index is 1.77. The van der Waals surface area contributed by atoms with Gasteiger partial charge in [-0.1, -0.05) is 65.6 Å². The number of hydrogen-bond donors (Lipinski definition) is 1. The highest BCUT2D eigenvalue weighted by Crippen LogP contribution is 2.29. The summed E-state index contributed by atoms with van der Waals surface area (Å²) in [7, 11) is 0. The summed E-state index contributed by atoms with van der Waals surface area (Å²) in [6.45, 7) is 6.17. The van der Waals surface area contributed by atoms with Crippen LogP contribution in [-0.4, -0.2) is 20.7 Å². The van der Waals surface area contributed by atoms with E-state index in [1.54, 1.807) is 10.7 Å². The molecule has 32 heavy (non-hydrogen) atoms. The molecule has 7 heteroatoms. The van der Waals surface area contributed by atoms with Crippen molar-refractivity contribution in [1.29, 1.82) is 0 Å². The molecule has 0 aliphatic heterocycles. The Morgan fingerprint density at radius 1 is 1.06 bits per heavy atom. The number of anilines is 1. The molecule has 0 spiro atoms. The fraction of sp³-hybridized carbons (Fsp3) is 0.160. The first-order chi connectivity index (χ1) is 15.3. The summed E-state index contributed by atoms with van der Waals surface area (Å²) >= 11 is 9.71. The second-order valence-electron chi connectivity index (χ2n) is 7.86. The van der Waals surface area contributed by atoms with Crippen LogP contribution in [0, 0.1) is 6.92 Å². The van der Waals surface area contributed by atoms with Gasteiger partial charge in [0.1, 0.15) is 0 Å². The summed E-state index contributed by atoms with van der Waals surface area (Å²) in [5.74, 6) is 0.494. The van der Waals surface area contributed by atoms with Crippen LogP contribution in [0.2, 0.25) is 5.02 Å². The molecule has 0 aliphatic rings. The third-order valence-electron chi connectivity index (χ3n) is 5.02. The van der Waals surface area contributed by atoms with Crippen molar-refractivity contribution < 1.29 is 4.79 Å². The average molecular weight is 510 g/mol. The first-order valence-corrected chi connectivity index (χ1v) is 11.4. The summed E-state index contributed by atoms with van der Waals surface area (Å²) in [5.41, 5.74) is 4.44. The van der Waals surface area contributed by atoms with E-state index in [2.05, 4.69) is 45.2 Å². The number of nitrogens with zero attached hydrogens (tertiary/aromatic N) is 3. The monoisotopic (exact) mass is 508 g/mol. The van der Waals surface area contributed by atoms with E-state index >= 15 is 0 Å². The average Bonchev–Trinajstić information content (AvgIpc) is 3.20. The molecule has 0 fully saturated rings. The van der Waals surface area contributed by atoms with E-state index < -0.39 is 0 Å². The number of nitrogens with one attached hydrogen (secondary N) is 1. The van der Waals surface area contributed by atoms with Crippen LogP contribution in [0.3, 0.4) is 0 Å². The van der Waals surface area contributed by atoms with Crippen LogP contribution in [0.5, 0.6) is 0 Å². The molecule has 0 saturated carbocycles. The first-order valence-electron chi connectivity index (χ1n) is 10.2. The standard InChI is InChI=1S/C25H22BrClN4O/c1-15(2)21-14-18(26)10-11-22(21)28-25(32)23-29-24(17-7-5-8-19(27)13-17)31(30-23)20-9-4-6-16(3)12-20/h4-15H,1-3H3,(H,28,32). The molecule has 162 valence electrons. The second kappa shape index (κ2) is 9.27. The predicted molar refractivity (Wildman–Crippen MR) is 133 cm³/mol. The van der Waals surface area contributed by atoms with Crippen molar-refractivity contribution >= 4 is 39.1 Å². The molecule has 0 bridgehead atoms. The zero-order valence-electron chi connectivity index (χ0n) is 17.9. The minimum Gasteiger partial charge on any atom is -0.319 e. The molecule has 0 aliphatic carbocycles. The second-order valence-corrected chi connectivity index (χ2v) is 9.21. The third-order valence-corrected chi connectivity index (χ3v) is 5.75. The highest BCUT2D eigenvalue weighted by Gasteiger charge is 2.20. The van der Waals surface area contributed by atoms with Gasteiger partial charge in [-0.3, -0.25) is 4.79 Å². The highest BCUT2D eigenvalue weighted by atomic mass is 79.9. The largest absolute Gasteiger partial charge is 0.319 e. The first kappa shape index (κ1) is 22.2. The molecular formula is C25H22BrClN4O. The maximum absolute atomic E-state index is 13.1. The lowest BCUT2D eigenvalue weighted by atomic mass is 10.0. The minimum atomic E-state index is -0.371. The van der Waals surface area contributed by atoms with E-state index in [4.69, 9.17) is 11.6 Å². The number of amides is 1. The summed E-state index contributed by atoms with van der Waals surface area (Å²) < 4.78 is 2.64. The van der Waals surface area contributed by atoms with Gasteiger partial charge in [-0.05, 0) is 66.4 Å². The van der Waals surface area contributed by atoms with Crippen molar-refractivity contribution in [2.75, 3.05) is 5.32 Å².